The summed E-state index contributed by atoms with van der Waals surface area (Å²) in [5, 5.41) is 4.18. The van der Waals surface area contributed by atoms with Gasteiger partial charge in [0.2, 0.25) is 0 Å². The zero-order valence-electron chi connectivity index (χ0n) is 17.8. The first-order chi connectivity index (χ1) is 16.0. The molecule has 0 spiro atoms. The molecule has 1 aromatic heterocycles. The van der Waals surface area contributed by atoms with Crippen LogP contribution in [-0.2, 0) is 6.54 Å². The number of ether oxygens (including phenoxy) is 2. The summed E-state index contributed by atoms with van der Waals surface area (Å²) >= 11 is 1.55. The van der Waals surface area contributed by atoms with E-state index in [4.69, 9.17) is 20.9 Å². The molecule has 33 heavy (non-hydrogen) atoms. The van der Waals surface area contributed by atoms with Crippen LogP contribution in [-0.4, -0.2) is 24.1 Å². The number of nitrogens with two attached hydrogens (primary N) is 2. The molecule has 0 aliphatic rings. The molecule has 0 saturated heterocycles. The lowest BCUT2D eigenvalue weighted by Crippen LogP contribution is -2.23. The van der Waals surface area contributed by atoms with Crippen molar-refractivity contribution < 1.29 is 13.9 Å². The van der Waals surface area contributed by atoms with Crippen LogP contribution in [0.25, 0.3) is 10.2 Å². The Morgan fingerprint density at radius 3 is 2.45 bits per heavy atom. The number of thiazole rings is 1. The molecule has 4 rings (SSSR count). The lowest BCUT2D eigenvalue weighted by atomic mass is 10.2. The van der Waals surface area contributed by atoms with Crippen LogP contribution in [0.3, 0.4) is 0 Å². The second kappa shape index (κ2) is 10.6. The third-order valence-corrected chi connectivity index (χ3v) is 5.62. The molecule has 0 atom stereocenters. The largest absolute Gasteiger partial charge is 0.494 e. The van der Waals surface area contributed by atoms with E-state index in [-0.39, 0.29) is 11.8 Å². The monoisotopic (exact) mass is 465 g/mol. The SMILES string of the molecule is NC(N)=NCCCOc1ccc(CNc2nc3ccc(Oc4ccc(F)cc4)cc3s2)cc1. The number of benzene rings is 3. The van der Waals surface area contributed by atoms with Crippen LogP contribution < -0.4 is 26.3 Å². The van der Waals surface area contributed by atoms with Crippen LogP contribution in [0.5, 0.6) is 17.2 Å². The van der Waals surface area contributed by atoms with E-state index in [1.165, 1.54) is 12.1 Å². The van der Waals surface area contributed by atoms with E-state index in [2.05, 4.69) is 15.3 Å². The van der Waals surface area contributed by atoms with Crippen LogP contribution in [0.15, 0.2) is 71.7 Å². The number of rotatable bonds is 10. The van der Waals surface area contributed by atoms with Crippen LogP contribution in [0.2, 0.25) is 0 Å². The van der Waals surface area contributed by atoms with Gasteiger partial charge in [0.1, 0.15) is 23.1 Å². The molecule has 0 amide bonds. The molecule has 0 fully saturated rings. The molecule has 7 nitrogen and oxygen atoms in total. The topological polar surface area (TPSA) is 108 Å². The summed E-state index contributed by atoms with van der Waals surface area (Å²) in [5.74, 6) is 1.87. The van der Waals surface area contributed by atoms with Crippen LogP contribution >= 0.6 is 11.3 Å². The minimum absolute atomic E-state index is 0.0961. The fourth-order valence-corrected chi connectivity index (χ4v) is 3.92. The Labute approximate surface area is 194 Å². The smallest absolute Gasteiger partial charge is 0.185 e. The predicted octanol–water partition coefficient (Wildman–Crippen LogP) is 4.88. The van der Waals surface area contributed by atoms with Gasteiger partial charge >= 0.3 is 0 Å². The van der Waals surface area contributed by atoms with Gasteiger partial charge in [-0.1, -0.05) is 23.5 Å². The highest BCUT2D eigenvalue weighted by Gasteiger charge is 2.07. The zero-order chi connectivity index (χ0) is 23.0. The number of nitrogens with one attached hydrogen (secondary N) is 1. The van der Waals surface area contributed by atoms with E-state index < -0.39 is 0 Å². The highest BCUT2D eigenvalue weighted by molar-refractivity contribution is 7.22. The molecule has 9 heteroatoms. The molecule has 1 heterocycles. The van der Waals surface area contributed by atoms with Crippen molar-refractivity contribution in [2.24, 2.45) is 16.5 Å². The Kier molecular flexibility index (Phi) is 7.21. The third kappa shape index (κ3) is 6.56. The number of aromatic nitrogens is 1. The van der Waals surface area contributed by atoms with Crippen molar-refractivity contribution in [3.8, 4) is 17.2 Å². The summed E-state index contributed by atoms with van der Waals surface area (Å²) < 4.78 is 25.6. The number of guanidine groups is 1. The molecular weight excluding hydrogens is 441 g/mol. The van der Waals surface area contributed by atoms with E-state index in [1.54, 1.807) is 23.5 Å². The van der Waals surface area contributed by atoms with E-state index in [0.29, 0.717) is 31.2 Å². The molecule has 0 bridgehead atoms. The van der Waals surface area contributed by atoms with Gasteiger partial charge in [0, 0.05) is 25.6 Å². The first kappa shape index (κ1) is 22.3. The molecule has 3 aromatic carbocycles. The maximum atomic E-state index is 13.1. The maximum Gasteiger partial charge on any atom is 0.185 e. The molecule has 0 saturated carbocycles. The van der Waals surface area contributed by atoms with Gasteiger partial charge in [-0.25, -0.2) is 9.37 Å². The summed E-state index contributed by atoms with van der Waals surface area (Å²) in [7, 11) is 0. The summed E-state index contributed by atoms with van der Waals surface area (Å²) in [6.07, 6.45) is 0.746. The summed E-state index contributed by atoms with van der Waals surface area (Å²) in [4.78, 5) is 8.55. The highest BCUT2D eigenvalue weighted by atomic mass is 32.1. The first-order valence-electron chi connectivity index (χ1n) is 10.4. The Bertz CT molecular complexity index is 1220. The number of hydrogen-bond acceptors (Lipinski definition) is 6. The fourth-order valence-electron chi connectivity index (χ4n) is 3.03. The van der Waals surface area contributed by atoms with Gasteiger partial charge in [-0.05, 0) is 54.1 Å². The average molecular weight is 466 g/mol. The standard InChI is InChI=1S/C24H24FN5O2S/c25-17-4-8-19(9-5-17)32-20-10-11-21-22(14-20)33-24(30-21)29-15-16-2-6-18(7-3-16)31-13-1-12-28-23(26)27/h2-11,14H,1,12-13,15H2,(H,29,30)(H4,26,27,28). The number of fused-ring (bicyclic) bond motifs is 1. The van der Waals surface area contributed by atoms with E-state index in [9.17, 15) is 4.39 Å². The Morgan fingerprint density at radius 2 is 1.70 bits per heavy atom. The average Bonchev–Trinajstić information content (AvgIpc) is 3.22. The molecule has 5 N–H and O–H groups in total. The number of nitrogens with zero attached hydrogens (tertiary/aromatic N) is 2. The molecule has 0 radical (unpaired) electrons. The van der Waals surface area contributed by atoms with E-state index in [1.807, 2.05) is 42.5 Å². The molecule has 0 unspecified atom stereocenters. The van der Waals surface area contributed by atoms with Crippen LogP contribution in [0.1, 0.15) is 12.0 Å². The van der Waals surface area contributed by atoms with Gasteiger partial charge in [-0.15, -0.1) is 0 Å². The third-order valence-electron chi connectivity index (χ3n) is 4.64. The fraction of sp³-hybridized carbons (Fsp3) is 0.167. The van der Waals surface area contributed by atoms with Crippen molar-refractivity contribution in [3.05, 3.63) is 78.1 Å². The summed E-state index contributed by atoms with van der Waals surface area (Å²) in [6, 6.07) is 19.5. The van der Waals surface area contributed by atoms with Gasteiger partial charge in [0.25, 0.3) is 0 Å². The van der Waals surface area contributed by atoms with Crippen molar-refractivity contribution in [3.63, 3.8) is 0 Å². The summed E-state index contributed by atoms with van der Waals surface area (Å²) in [5.41, 5.74) is 12.6. The van der Waals surface area contributed by atoms with Crippen molar-refractivity contribution >= 4 is 32.6 Å². The highest BCUT2D eigenvalue weighted by Crippen LogP contribution is 2.31. The number of hydrogen-bond donors (Lipinski definition) is 3. The van der Waals surface area contributed by atoms with Gasteiger partial charge in [-0.3, -0.25) is 4.99 Å². The van der Waals surface area contributed by atoms with Gasteiger partial charge < -0.3 is 26.3 Å². The molecular formula is C24H24FN5O2S. The molecule has 170 valence electrons. The van der Waals surface area contributed by atoms with Gasteiger partial charge in [-0.2, -0.15) is 0 Å². The molecule has 0 aliphatic heterocycles. The van der Waals surface area contributed by atoms with E-state index in [0.717, 1.165) is 33.1 Å². The quantitative estimate of drug-likeness (QED) is 0.175. The van der Waals surface area contributed by atoms with Gasteiger partial charge in [0.15, 0.2) is 11.1 Å². The lowest BCUT2D eigenvalue weighted by molar-refractivity contribution is 0.313. The Hall–Kier alpha value is -3.85. The maximum absolute atomic E-state index is 13.1. The lowest BCUT2D eigenvalue weighted by Gasteiger charge is -2.07. The normalized spacial score (nSPS) is 10.7. The van der Waals surface area contributed by atoms with Crippen LogP contribution in [0, 0.1) is 5.82 Å². The van der Waals surface area contributed by atoms with Crippen molar-refractivity contribution in [1.29, 1.82) is 0 Å². The number of aliphatic imine (C=N–C) groups is 1. The Balaban J connectivity index is 1.30. The zero-order valence-corrected chi connectivity index (χ0v) is 18.6. The second-order valence-electron chi connectivity index (χ2n) is 7.21. The predicted molar refractivity (Wildman–Crippen MR) is 131 cm³/mol. The van der Waals surface area contributed by atoms with E-state index >= 15 is 0 Å². The Morgan fingerprint density at radius 1 is 0.970 bits per heavy atom. The summed E-state index contributed by atoms with van der Waals surface area (Å²) in [6.45, 7) is 1.74. The van der Waals surface area contributed by atoms with Crippen LogP contribution in [0.4, 0.5) is 9.52 Å². The van der Waals surface area contributed by atoms with Crippen molar-refractivity contribution in [2.45, 2.75) is 13.0 Å². The second-order valence-corrected chi connectivity index (χ2v) is 8.24. The minimum atomic E-state index is -0.294. The number of halogens is 1. The van der Waals surface area contributed by atoms with Gasteiger partial charge in [0.05, 0.1) is 16.8 Å². The number of anilines is 1. The van der Waals surface area contributed by atoms with Crippen molar-refractivity contribution in [2.75, 3.05) is 18.5 Å². The van der Waals surface area contributed by atoms with Crippen molar-refractivity contribution in [1.82, 2.24) is 4.98 Å². The molecule has 4 aromatic rings. The minimum Gasteiger partial charge on any atom is -0.494 e. The first-order valence-corrected chi connectivity index (χ1v) is 11.2. The molecule has 0 aliphatic carbocycles.